The van der Waals surface area contributed by atoms with Crippen molar-refractivity contribution >= 4 is 21.7 Å². The first-order chi connectivity index (χ1) is 9.21. The lowest BCUT2D eigenvalue weighted by atomic mass is 9.82. The lowest BCUT2D eigenvalue weighted by molar-refractivity contribution is 0.172. The van der Waals surface area contributed by atoms with E-state index >= 15 is 0 Å². The highest BCUT2D eigenvalue weighted by atomic mass is 79.9. The molecular formula is C14H20BrN3O. The largest absolute Gasteiger partial charge is 0.394 e. The van der Waals surface area contributed by atoms with Crippen LogP contribution in [0.3, 0.4) is 0 Å². The van der Waals surface area contributed by atoms with Crippen molar-refractivity contribution in [3.05, 3.63) is 16.5 Å². The van der Waals surface area contributed by atoms with Crippen molar-refractivity contribution in [1.82, 2.24) is 9.97 Å². The first-order valence-electron chi connectivity index (χ1n) is 7.14. The third kappa shape index (κ3) is 3.08. The van der Waals surface area contributed by atoms with Crippen molar-refractivity contribution < 1.29 is 5.11 Å². The van der Waals surface area contributed by atoms with Crippen molar-refractivity contribution in [3.63, 3.8) is 0 Å². The van der Waals surface area contributed by atoms with Crippen LogP contribution in [-0.2, 0) is 0 Å². The quantitative estimate of drug-likeness (QED) is 0.834. The molecule has 0 atom stereocenters. The van der Waals surface area contributed by atoms with Crippen LogP contribution >= 0.6 is 15.9 Å². The van der Waals surface area contributed by atoms with Gasteiger partial charge >= 0.3 is 0 Å². The normalized spacial score (nSPS) is 22.2. The summed E-state index contributed by atoms with van der Waals surface area (Å²) in [6, 6.07) is 1.91. The van der Waals surface area contributed by atoms with Gasteiger partial charge in [-0.05, 0) is 41.6 Å². The van der Waals surface area contributed by atoms with Gasteiger partial charge in [0.05, 0.1) is 12.1 Å². The fourth-order valence-corrected chi connectivity index (χ4v) is 3.24. The maximum Gasteiger partial charge on any atom is 0.135 e. The number of aliphatic hydroxyl groups is 1. The van der Waals surface area contributed by atoms with Crippen LogP contribution in [0.2, 0.25) is 0 Å². The summed E-state index contributed by atoms with van der Waals surface area (Å²) in [6.07, 6.45) is 8.05. The number of anilines is 1. The topological polar surface area (TPSA) is 58.0 Å². The molecule has 2 saturated carbocycles. The summed E-state index contributed by atoms with van der Waals surface area (Å²) in [5.74, 6) is 2.31. The summed E-state index contributed by atoms with van der Waals surface area (Å²) in [7, 11) is 0. The van der Waals surface area contributed by atoms with E-state index in [1.54, 1.807) is 0 Å². The number of hydrogen-bond donors (Lipinski definition) is 2. The van der Waals surface area contributed by atoms with Crippen molar-refractivity contribution in [3.8, 4) is 0 Å². The monoisotopic (exact) mass is 325 g/mol. The van der Waals surface area contributed by atoms with E-state index in [4.69, 9.17) is 0 Å². The van der Waals surface area contributed by atoms with Gasteiger partial charge in [0.2, 0.25) is 0 Å². The first-order valence-corrected chi connectivity index (χ1v) is 7.94. The Morgan fingerprint density at radius 3 is 2.63 bits per heavy atom. The van der Waals surface area contributed by atoms with E-state index in [0.717, 1.165) is 29.1 Å². The van der Waals surface area contributed by atoms with E-state index in [1.165, 1.54) is 32.1 Å². The van der Waals surface area contributed by atoms with Gasteiger partial charge < -0.3 is 10.4 Å². The molecule has 5 heteroatoms. The Balaban J connectivity index is 1.80. The Morgan fingerprint density at radius 2 is 2.00 bits per heavy atom. The number of aromatic nitrogens is 2. The van der Waals surface area contributed by atoms with Gasteiger partial charge in [-0.25, -0.2) is 9.97 Å². The Labute approximate surface area is 122 Å². The summed E-state index contributed by atoms with van der Waals surface area (Å²) >= 11 is 3.46. The molecule has 2 fully saturated rings. The zero-order valence-electron chi connectivity index (χ0n) is 11.0. The SMILES string of the molecule is OCC1(Nc2cc(Br)nc(C3CC3)n2)CCCCC1. The molecule has 3 rings (SSSR count). The van der Waals surface area contributed by atoms with Gasteiger partial charge in [-0.3, -0.25) is 0 Å². The van der Waals surface area contributed by atoms with Gasteiger partial charge in [0.15, 0.2) is 0 Å². The van der Waals surface area contributed by atoms with Gasteiger partial charge in [0, 0.05) is 12.0 Å². The lowest BCUT2D eigenvalue weighted by Gasteiger charge is -2.37. The van der Waals surface area contributed by atoms with Crippen LogP contribution in [0.5, 0.6) is 0 Å². The highest BCUT2D eigenvalue weighted by Gasteiger charge is 2.32. The molecule has 0 saturated heterocycles. The van der Waals surface area contributed by atoms with Crippen LogP contribution in [0.15, 0.2) is 10.7 Å². The van der Waals surface area contributed by atoms with Gasteiger partial charge in [-0.2, -0.15) is 0 Å². The molecule has 104 valence electrons. The maximum atomic E-state index is 9.75. The van der Waals surface area contributed by atoms with Crippen molar-refractivity contribution in [2.24, 2.45) is 0 Å². The van der Waals surface area contributed by atoms with Crippen LogP contribution in [0.25, 0.3) is 0 Å². The summed E-state index contributed by atoms with van der Waals surface area (Å²) < 4.78 is 0.829. The fraction of sp³-hybridized carbons (Fsp3) is 0.714. The van der Waals surface area contributed by atoms with Crippen LogP contribution in [0.1, 0.15) is 56.7 Å². The highest BCUT2D eigenvalue weighted by molar-refractivity contribution is 9.10. The molecule has 0 bridgehead atoms. The van der Waals surface area contributed by atoms with E-state index in [-0.39, 0.29) is 12.1 Å². The van der Waals surface area contributed by atoms with Crippen molar-refractivity contribution in [2.75, 3.05) is 11.9 Å². The van der Waals surface area contributed by atoms with E-state index in [2.05, 4.69) is 31.2 Å². The first kappa shape index (κ1) is 13.3. The van der Waals surface area contributed by atoms with Gasteiger partial charge in [0.25, 0.3) is 0 Å². The smallest absolute Gasteiger partial charge is 0.135 e. The molecule has 2 aliphatic rings. The molecular weight excluding hydrogens is 306 g/mol. The fourth-order valence-electron chi connectivity index (χ4n) is 2.85. The summed E-state index contributed by atoms with van der Waals surface area (Å²) in [5, 5.41) is 13.2. The molecule has 1 aromatic rings. The Kier molecular flexibility index (Phi) is 3.76. The molecule has 1 aromatic heterocycles. The molecule has 2 aliphatic carbocycles. The number of nitrogens with zero attached hydrogens (tertiary/aromatic N) is 2. The Morgan fingerprint density at radius 1 is 1.26 bits per heavy atom. The van der Waals surface area contributed by atoms with Gasteiger partial charge in [-0.1, -0.05) is 19.3 Å². The lowest BCUT2D eigenvalue weighted by Crippen LogP contribution is -2.44. The molecule has 0 aliphatic heterocycles. The minimum atomic E-state index is -0.188. The van der Waals surface area contributed by atoms with Gasteiger partial charge in [0.1, 0.15) is 16.2 Å². The second-order valence-corrected chi connectivity index (χ2v) is 6.64. The van der Waals surface area contributed by atoms with Crippen LogP contribution in [0, 0.1) is 0 Å². The third-order valence-corrected chi connectivity index (χ3v) is 4.57. The van der Waals surface area contributed by atoms with Crippen molar-refractivity contribution in [1.29, 1.82) is 0 Å². The molecule has 4 nitrogen and oxygen atoms in total. The molecule has 0 aromatic carbocycles. The average Bonchev–Trinajstić information content (AvgIpc) is 3.23. The van der Waals surface area contributed by atoms with Crippen molar-refractivity contribution in [2.45, 2.75) is 56.4 Å². The molecule has 0 radical (unpaired) electrons. The molecule has 0 amide bonds. The zero-order valence-corrected chi connectivity index (χ0v) is 12.6. The third-order valence-electron chi connectivity index (χ3n) is 4.16. The van der Waals surface area contributed by atoms with E-state index in [1.807, 2.05) is 6.07 Å². The van der Waals surface area contributed by atoms with Crippen LogP contribution in [-0.4, -0.2) is 27.2 Å². The standard InChI is InChI=1S/C14H20BrN3O/c15-11-8-12(17-13(16-11)10-4-5-10)18-14(9-19)6-2-1-3-7-14/h8,10,19H,1-7,9H2,(H,16,17,18). The number of halogens is 1. The number of rotatable bonds is 4. The van der Waals surface area contributed by atoms with E-state index in [9.17, 15) is 5.11 Å². The van der Waals surface area contributed by atoms with E-state index in [0.29, 0.717) is 5.92 Å². The molecule has 0 unspecified atom stereocenters. The Hall–Kier alpha value is -0.680. The van der Waals surface area contributed by atoms with Gasteiger partial charge in [-0.15, -0.1) is 0 Å². The summed E-state index contributed by atoms with van der Waals surface area (Å²) in [6.45, 7) is 0.174. The maximum absolute atomic E-state index is 9.75. The van der Waals surface area contributed by atoms with E-state index < -0.39 is 0 Å². The van der Waals surface area contributed by atoms with Crippen LogP contribution < -0.4 is 5.32 Å². The highest BCUT2D eigenvalue weighted by Crippen LogP contribution is 2.39. The molecule has 2 N–H and O–H groups in total. The number of nitrogens with one attached hydrogen (secondary N) is 1. The van der Waals surface area contributed by atoms with Crippen LogP contribution in [0.4, 0.5) is 5.82 Å². The predicted octanol–water partition coefficient (Wildman–Crippen LogP) is 3.22. The summed E-state index contributed by atoms with van der Waals surface area (Å²) in [5.41, 5.74) is -0.188. The average molecular weight is 326 g/mol. The molecule has 0 spiro atoms. The second kappa shape index (κ2) is 5.37. The zero-order chi connectivity index (χ0) is 13.3. The minimum absolute atomic E-state index is 0.174. The second-order valence-electron chi connectivity index (χ2n) is 5.83. The molecule has 19 heavy (non-hydrogen) atoms. The number of aliphatic hydroxyl groups excluding tert-OH is 1. The summed E-state index contributed by atoms with van der Waals surface area (Å²) in [4.78, 5) is 9.06. The minimum Gasteiger partial charge on any atom is -0.394 e. The Bertz CT molecular complexity index is 456. The molecule has 1 heterocycles. The number of hydrogen-bond acceptors (Lipinski definition) is 4. The predicted molar refractivity (Wildman–Crippen MR) is 78.2 cm³/mol.